The molecule has 0 aliphatic rings. The van der Waals surface area contributed by atoms with E-state index in [0.29, 0.717) is 11.1 Å². The Labute approximate surface area is 101 Å². The van der Waals surface area contributed by atoms with E-state index in [1.165, 1.54) is 6.07 Å². The Morgan fingerprint density at radius 2 is 2.24 bits per heavy atom. The number of nitrogens with zero attached hydrogens (tertiary/aromatic N) is 1. The van der Waals surface area contributed by atoms with Crippen molar-refractivity contribution >= 4 is 10.0 Å². The lowest BCUT2D eigenvalue weighted by atomic mass is 10.2. The van der Waals surface area contributed by atoms with Gasteiger partial charge in [0.25, 0.3) is 0 Å². The number of sulfonamides is 1. The van der Waals surface area contributed by atoms with Crippen LogP contribution in [-0.2, 0) is 15.8 Å². The van der Waals surface area contributed by atoms with Crippen molar-refractivity contribution < 1.29 is 13.5 Å². The van der Waals surface area contributed by atoms with Gasteiger partial charge < -0.3 is 5.11 Å². The fourth-order valence-electron chi connectivity index (χ4n) is 1.34. The van der Waals surface area contributed by atoms with E-state index in [1.807, 2.05) is 6.07 Å². The van der Waals surface area contributed by atoms with Gasteiger partial charge in [0.1, 0.15) is 0 Å². The molecule has 0 unspecified atom stereocenters. The SMILES string of the molecule is C[C@H](CO)NS(=O)(=O)Cc1cccc(C#N)c1. The van der Waals surface area contributed by atoms with E-state index in [0.717, 1.165) is 0 Å². The molecule has 17 heavy (non-hydrogen) atoms. The summed E-state index contributed by atoms with van der Waals surface area (Å²) in [7, 11) is -3.49. The second-order valence-electron chi connectivity index (χ2n) is 3.77. The Morgan fingerprint density at radius 1 is 1.53 bits per heavy atom. The molecule has 0 aliphatic carbocycles. The van der Waals surface area contributed by atoms with Gasteiger partial charge in [-0.1, -0.05) is 12.1 Å². The van der Waals surface area contributed by atoms with Crippen molar-refractivity contribution in [2.24, 2.45) is 0 Å². The van der Waals surface area contributed by atoms with Gasteiger partial charge in [0, 0.05) is 6.04 Å². The molecule has 6 heteroatoms. The summed E-state index contributed by atoms with van der Waals surface area (Å²) >= 11 is 0. The third-order valence-corrected chi connectivity index (χ3v) is 3.54. The Balaban J connectivity index is 2.80. The highest BCUT2D eigenvalue weighted by Crippen LogP contribution is 2.08. The molecule has 0 bridgehead atoms. The molecular weight excluding hydrogens is 240 g/mol. The van der Waals surface area contributed by atoms with Crippen LogP contribution in [-0.4, -0.2) is 26.2 Å². The van der Waals surface area contributed by atoms with Gasteiger partial charge in [-0.25, -0.2) is 13.1 Å². The number of benzene rings is 1. The van der Waals surface area contributed by atoms with E-state index < -0.39 is 16.1 Å². The molecule has 0 fully saturated rings. The Bertz CT molecular complexity index is 520. The van der Waals surface area contributed by atoms with Crippen molar-refractivity contribution in [3.63, 3.8) is 0 Å². The summed E-state index contributed by atoms with van der Waals surface area (Å²) in [6, 6.07) is 7.86. The minimum Gasteiger partial charge on any atom is -0.395 e. The smallest absolute Gasteiger partial charge is 0.216 e. The summed E-state index contributed by atoms with van der Waals surface area (Å²) in [6.07, 6.45) is 0. The van der Waals surface area contributed by atoms with Gasteiger partial charge in [-0.3, -0.25) is 0 Å². The zero-order valence-electron chi connectivity index (χ0n) is 9.42. The Morgan fingerprint density at radius 3 is 2.82 bits per heavy atom. The fraction of sp³-hybridized carbons (Fsp3) is 0.364. The van der Waals surface area contributed by atoms with E-state index in [-0.39, 0.29) is 12.4 Å². The molecule has 0 saturated carbocycles. The summed E-state index contributed by atoms with van der Waals surface area (Å²) in [4.78, 5) is 0. The molecule has 1 rings (SSSR count). The molecular formula is C11H14N2O3S. The first-order valence-electron chi connectivity index (χ1n) is 5.07. The highest BCUT2D eigenvalue weighted by atomic mass is 32.2. The molecule has 1 aromatic carbocycles. The van der Waals surface area contributed by atoms with Crippen molar-refractivity contribution in [3.8, 4) is 6.07 Å². The molecule has 0 radical (unpaired) electrons. The number of nitrogens with one attached hydrogen (secondary N) is 1. The van der Waals surface area contributed by atoms with E-state index in [4.69, 9.17) is 10.4 Å². The molecule has 2 N–H and O–H groups in total. The third kappa shape index (κ3) is 4.53. The summed E-state index contributed by atoms with van der Waals surface area (Å²) in [5, 5.41) is 17.5. The van der Waals surface area contributed by atoms with Crippen LogP contribution in [0.25, 0.3) is 0 Å². The summed E-state index contributed by atoms with van der Waals surface area (Å²) in [6.45, 7) is 1.32. The lowest BCUT2D eigenvalue weighted by molar-refractivity contribution is 0.265. The molecule has 92 valence electrons. The maximum absolute atomic E-state index is 11.7. The zero-order chi connectivity index (χ0) is 12.9. The van der Waals surface area contributed by atoms with Crippen LogP contribution < -0.4 is 4.72 Å². The molecule has 0 saturated heterocycles. The van der Waals surface area contributed by atoms with Gasteiger partial charge in [-0.15, -0.1) is 0 Å². The highest BCUT2D eigenvalue weighted by Gasteiger charge is 2.14. The van der Waals surface area contributed by atoms with Gasteiger partial charge in [0.05, 0.1) is 24.0 Å². The van der Waals surface area contributed by atoms with Crippen LogP contribution in [0.4, 0.5) is 0 Å². The number of rotatable bonds is 5. The van der Waals surface area contributed by atoms with Gasteiger partial charge in [0.15, 0.2) is 0 Å². The predicted octanol–water partition coefficient (Wildman–Crippen LogP) is 0.358. The largest absolute Gasteiger partial charge is 0.395 e. The van der Waals surface area contributed by atoms with E-state index in [2.05, 4.69) is 4.72 Å². The van der Waals surface area contributed by atoms with E-state index in [9.17, 15) is 8.42 Å². The van der Waals surface area contributed by atoms with Crippen molar-refractivity contribution in [1.82, 2.24) is 4.72 Å². The first-order chi connectivity index (χ1) is 7.96. The van der Waals surface area contributed by atoms with Crippen molar-refractivity contribution in [1.29, 1.82) is 5.26 Å². The normalized spacial score (nSPS) is 13.0. The molecule has 0 aromatic heterocycles. The molecule has 0 heterocycles. The predicted molar refractivity (Wildman–Crippen MR) is 63.5 cm³/mol. The molecule has 1 aromatic rings. The summed E-state index contributed by atoms with van der Waals surface area (Å²) in [5.41, 5.74) is 0.967. The Kier molecular flexibility index (Phi) is 4.63. The number of hydrogen-bond donors (Lipinski definition) is 2. The molecule has 1 atom stereocenters. The monoisotopic (exact) mass is 254 g/mol. The van der Waals surface area contributed by atoms with Gasteiger partial charge in [-0.2, -0.15) is 5.26 Å². The quantitative estimate of drug-likeness (QED) is 0.793. The number of nitriles is 1. The van der Waals surface area contributed by atoms with Gasteiger partial charge in [0.2, 0.25) is 10.0 Å². The fourth-order valence-corrected chi connectivity index (χ4v) is 2.72. The first-order valence-corrected chi connectivity index (χ1v) is 6.72. The van der Waals surface area contributed by atoms with Crippen molar-refractivity contribution in [2.45, 2.75) is 18.7 Å². The number of hydrogen-bond acceptors (Lipinski definition) is 4. The zero-order valence-corrected chi connectivity index (χ0v) is 10.2. The first kappa shape index (κ1) is 13.6. The van der Waals surface area contributed by atoms with E-state index >= 15 is 0 Å². The van der Waals surface area contributed by atoms with Crippen LogP contribution in [0.15, 0.2) is 24.3 Å². The molecule has 0 spiro atoms. The maximum Gasteiger partial charge on any atom is 0.216 e. The number of aliphatic hydroxyl groups is 1. The van der Waals surface area contributed by atoms with Crippen LogP contribution in [0.2, 0.25) is 0 Å². The number of aliphatic hydroxyl groups excluding tert-OH is 1. The minimum atomic E-state index is -3.49. The van der Waals surface area contributed by atoms with E-state index in [1.54, 1.807) is 25.1 Å². The van der Waals surface area contributed by atoms with Gasteiger partial charge >= 0.3 is 0 Å². The summed E-state index contributed by atoms with van der Waals surface area (Å²) in [5.74, 6) is -0.202. The average Bonchev–Trinajstić information content (AvgIpc) is 2.27. The minimum absolute atomic E-state index is 0.202. The second kappa shape index (κ2) is 5.77. The topological polar surface area (TPSA) is 90.2 Å². The molecule has 5 nitrogen and oxygen atoms in total. The van der Waals surface area contributed by atoms with Crippen LogP contribution in [0, 0.1) is 11.3 Å². The van der Waals surface area contributed by atoms with Crippen molar-refractivity contribution in [2.75, 3.05) is 6.61 Å². The van der Waals surface area contributed by atoms with Gasteiger partial charge in [-0.05, 0) is 24.6 Å². The second-order valence-corrected chi connectivity index (χ2v) is 5.53. The lowest BCUT2D eigenvalue weighted by Crippen LogP contribution is -2.35. The summed E-state index contributed by atoms with van der Waals surface area (Å²) < 4.78 is 25.7. The molecule has 0 amide bonds. The third-order valence-electron chi connectivity index (χ3n) is 2.07. The van der Waals surface area contributed by atoms with Crippen molar-refractivity contribution in [3.05, 3.63) is 35.4 Å². The maximum atomic E-state index is 11.7. The highest BCUT2D eigenvalue weighted by molar-refractivity contribution is 7.88. The standard InChI is InChI=1S/C11H14N2O3S/c1-9(7-14)13-17(15,16)8-11-4-2-3-10(5-11)6-12/h2-5,9,13-14H,7-8H2,1H3/t9-/m1/s1. The Hall–Kier alpha value is -1.42. The van der Waals surface area contributed by atoms with Crippen LogP contribution in [0.3, 0.4) is 0 Å². The lowest BCUT2D eigenvalue weighted by Gasteiger charge is -2.11. The average molecular weight is 254 g/mol. The van der Waals surface area contributed by atoms with Crippen LogP contribution >= 0.6 is 0 Å². The van der Waals surface area contributed by atoms with Crippen LogP contribution in [0.1, 0.15) is 18.1 Å². The van der Waals surface area contributed by atoms with Crippen LogP contribution in [0.5, 0.6) is 0 Å². The molecule has 0 aliphatic heterocycles.